The highest BCUT2D eigenvalue weighted by Gasteiger charge is 2.33. The molecule has 0 unspecified atom stereocenters. The Morgan fingerprint density at radius 2 is 2.09 bits per heavy atom. The molecular formula is C22H27ClFN3O5. The summed E-state index contributed by atoms with van der Waals surface area (Å²) >= 11 is 5.38. The van der Waals surface area contributed by atoms with Gasteiger partial charge in [-0.15, -0.1) is 11.6 Å². The summed E-state index contributed by atoms with van der Waals surface area (Å²) in [6, 6.07) is 4.73. The fourth-order valence-corrected chi connectivity index (χ4v) is 3.81. The molecule has 1 N–H and O–H groups in total. The maximum atomic E-state index is 14.9. The molecule has 0 aromatic heterocycles. The predicted molar refractivity (Wildman–Crippen MR) is 119 cm³/mol. The molecule has 174 valence electrons. The van der Waals surface area contributed by atoms with Gasteiger partial charge < -0.3 is 19.7 Å². The van der Waals surface area contributed by atoms with Gasteiger partial charge in [0.2, 0.25) is 5.91 Å². The van der Waals surface area contributed by atoms with Gasteiger partial charge in [0.25, 0.3) is 0 Å². The Labute approximate surface area is 191 Å². The molecule has 0 aliphatic carbocycles. The number of benzene rings is 1. The van der Waals surface area contributed by atoms with Gasteiger partial charge in [-0.05, 0) is 37.5 Å². The molecule has 2 fully saturated rings. The summed E-state index contributed by atoms with van der Waals surface area (Å²) in [5, 5.41) is 2.62. The van der Waals surface area contributed by atoms with Gasteiger partial charge >= 0.3 is 12.1 Å². The average Bonchev–Trinajstić information content (AvgIpc) is 3.16. The normalized spacial score (nSPS) is 18.4. The van der Waals surface area contributed by atoms with E-state index in [4.69, 9.17) is 21.1 Å². The third-order valence-corrected chi connectivity index (χ3v) is 5.58. The largest absolute Gasteiger partial charge is 0.464 e. The Morgan fingerprint density at radius 1 is 1.34 bits per heavy atom. The van der Waals surface area contributed by atoms with Gasteiger partial charge in [-0.3, -0.25) is 14.5 Å². The molecule has 2 saturated heterocycles. The highest BCUT2D eigenvalue weighted by Crippen LogP contribution is 2.30. The number of hydrogen-bond acceptors (Lipinski definition) is 6. The number of esters is 1. The van der Waals surface area contributed by atoms with Crippen LogP contribution in [0.25, 0.3) is 0 Å². The molecule has 1 aromatic carbocycles. The molecule has 0 saturated carbocycles. The van der Waals surface area contributed by atoms with E-state index in [2.05, 4.69) is 11.4 Å². The quantitative estimate of drug-likeness (QED) is 0.274. The van der Waals surface area contributed by atoms with E-state index in [1.165, 1.54) is 23.5 Å². The van der Waals surface area contributed by atoms with Crippen molar-refractivity contribution in [3.63, 3.8) is 0 Å². The number of carbonyl (C=O) groups is 3. The zero-order chi connectivity index (χ0) is 23.1. The summed E-state index contributed by atoms with van der Waals surface area (Å²) in [6.07, 6.45) is 3.27. The minimum Gasteiger partial charge on any atom is -0.464 e. The summed E-state index contributed by atoms with van der Waals surface area (Å²) in [4.78, 5) is 37.6. The van der Waals surface area contributed by atoms with Crippen molar-refractivity contribution in [3.8, 4) is 0 Å². The summed E-state index contributed by atoms with van der Waals surface area (Å²) in [7, 11) is 0. The third kappa shape index (κ3) is 6.35. The summed E-state index contributed by atoms with van der Waals surface area (Å²) in [5.74, 6) is -1.18. The second-order valence-corrected chi connectivity index (χ2v) is 7.95. The van der Waals surface area contributed by atoms with Crippen molar-refractivity contribution in [2.75, 3.05) is 48.5 Å². The second kappa shape index (κ2) is 11.2. The van der Waals surface area contributed by atoms with Crippen molar-refractivity contribution >= 4 is 40.9 Å². The maximum absolute atomic E-state index is 14.9. The minimum absolute atomic E-state index is 0.146. The lowest BCUT2D eigenvalue weighted by molar-refractivity contribution is -0.140. The van der Waals surface area contributed by atoms with Crippen LogP contribution in [0.4, 0.5) is 20.6 Å². The van der Waals surface area contributed by atoms with Gasteiger partial charge in [0.15, 0.2) is 0 Å². The van der Waals surface area contributed by atoms with Crippen molar-refractivity contribution < 1.29 is 28.2 Å². The number of alkyl halides is 1. The first-order chi connectivity index (χ1) is 15.4. The van der Waals surface area contributed by atoms with Crippen molar-refractivity contribution in [1.82, 2.24) is 5.32 Å². The van der Waals surface area contributed by atoms with Crippen LogP contribution in [0.15, 0.2) is 29.8 Å². The molecule has 0 bridgehead atoms. The van der Waals surface area contributed by atoms with Crippen molar-refractivity contribution in [3.05, 3.63) is 35.7 Å². The van der Waals surface area contributed by atoms with Gasteiger partial charge in [0, 0.05) is 20.0 Å². The number of hydrogen-bond donors (Lipinski definition) is 1. The number of carbonyl (C=O) groups excluding carboxylic acids is 3. The Hall–Kier alpha value is -2.81. The Kier molecular flexibility index (Phi) is 8.33. The van der Waals surface area contributed by atoms with E-state index in [-0.39, 0.29) is 24.9 Å². The fraction of sp³-hybridized carbons (Fsp3) is 0.500. The van der Waals surface area contributed by atoms with Crippen LogP contribution in [0, 0.1) is 5.82 Å². The lowest BCUT2D eigenvalue weighted by atomic mass is 10.0. The van der Waals surface area contributed by atoms with Gasteiger partial charge in [-0.2, -0.15) is 0 Å². The molecule has 0 spiro atoms. The van der Waals surface area contributed by atoms with Crippen molar-refractivity contribution in [2.45, 2.75) is 32.3 Å². The van der Waals surface area contributed by atoms with Gasteiger partial charge in [0.1, 0.15) is 17.8 Å². The smallest absolute Gasteiger partial charge is 0.414 e. The molecule has 8 nitrogen and oxygen atoms in total. The average molecular weight is 468 g/mol. The van der Waals surface area contributed by atoms with E-state index >= 15 is 0 Å². The van der Waals surface area contributed by atoms with Crippen LogP contribution in [-0.4, -0.2) is 62.7 Å². The summed E-state index contributed by atoms with van der Waals surface area (Å²) < 4.78 is 25.1. The number of nitrogens with zero attached hydrogens (tertiary/aromatic N) is 2. The molecule has 10 heteroatoms. The fourth-order valence-electron chi connectivity index (χ4n) is 3.73. The lowest BCUT2D eigenvalue weighted by Crippen LogP contribution is -2.33. The number of nitrogens with one attached hydrogen (secondary N) is 1. The van der Waals surface area contributed by atoms with Crippen LogP contribution in [-0.2, 0) is 19.1 Å². The molecule has 0 radical (unpaired) electrons. The molecule has 1 atom stereocenters. The van der Waals surface area contributed by atoms with E-state index in [1.54, 1.807) is 12.1 Å². The van der Waals surface area contributed by atoms with Crippen LogP contribution in [0.5, 0.6) is 0 Å². The van der Waals surface area contributed by atoms with Crippen LogP contribution in [0.1, 0.15) is 26.2 Å². The molecule has 2 heterocycles. The first-order valence-corrected chi connectivity index (χ1v) is 11.1. The van der Waals surface area contributed by atoms with E-state index in [0.29, 0.717) is 37.5 Å². The van der Waals surface area contributed by atoms with E-state index < -0.39 is 24.0 Å². The number of anilines is 2. The van der Waals surface area contributed by atoms with Gasteiger partial charge in [-0.25, -0.2) is 9.18 Å². The number of amides is 2. The van der Waals surface area contributed by atoms with Gasteiger partial charge in [0.05, 0.1) is 31.1 Å². The number of rotatable bonds is 8. The number of ether oxygens (including phenoxy) is 2. The van der Waals surface area contributed by atoms with Crippen LogP contribution in [0.2, 0.25) is 0 Å². The lowest BCUT2D eigenvalue weighted by Gasteiger charge is -2.31. The number of halogens is 2. The number of cyclic esters (lactones) is 1. The third-order valence-electron chi connectivity index (χ3n) is 5.37. The maximum Gasteiger partial charge on any atom is 0.414 e. The monoisotopic (exact) mass is 467 g/mol. The highest BCUT2D eigenvalue weighted by molar-refractivity contribution is 6.26. The first kappa shape index (κ1) is 23.8. The Balaban J connectivity index is 1.53. The molecular weight excluding hydrogens is 441 g/mol. The standard InChI is InChI=1S/C22H27ClFN3O5/c1-15(28)25-13-18-14-27(22(30)32-18)17-4-5-20(19(24)11-17)26-8-6-16(7-9-26)3-2-10-31-21(29)12-23/h3-5,11,18H,2,6-10,12-14H2,1H3,(H,25,28)/t18-/m0/s1. The summed E-state index contributed by atoms with van der Waals surface area (Å²) in [6.45, 7) is 3.51. The van der Waals surface area contributed by atoms with E-state index in [1.807, 2.05) is 4.90 Å². The van der Waals surface area contributed by atoms with Crippen molar-refractivity contribution in [2.24, 2.45) is 0 Å². The van der Waals surface area contributed by atoms with Crippen LogP contribution >= 0.6 is 11.6 Å². The SMILES string of the molecule is CC(=O)NC[C@H]1CN(c2ccc(N3CCC(=CCCOC(=O)CCl)CC3)c(F)c2)C(=O)O1. The van der Waals surface area contributed by atoms with E-state index in [9.17, 15) is 18.8 Å². The number of piperidine rings is 1. The second-order valence-electron chi connectivity index (χ2n) is 7.68. The molecule has 32 heavy (non-hydrogen) atoms. The van der Waals surface area contributed by atoms with Crippen LogP contribution in [0.3, 0.4) is 0 Å². The first-order valence-electron chi connectivity index (χ1n) is 10.5. The zero-order valence-corrected chi connectivity index (χ0v) is 18.7. The zero-order valence-electron chi connectivity index (χ0n) is 17.9. The predicted octanol–water partition coefficient (Wildman–Crippen LogP) is 2.99. The van der Waals surface area contributed by atoms with Crippen molar-refractivity contribution in [1.29, 1.82) is 0 Å². The molecule has 1 aromatic rings. The Bertz CT molecular complexity index is 884. The molecule has 3 rings (SSSR count). The minimum atomic E-state index is -0.558. The molecule has 2 aliphatic rings. The highest BCUT2D eigenvalue weighted by atomic mass is 35.5. The van der Waals surface area contributed by atoms with E-state index in [0.717, 1.165) is 12.8 Å². The molecule has 2 amide bonds. The van der Waals surface area contributed by atoms with Gasteiger partial charge in [-0.1, -0.05) is 11.6 Å². The van der Waals surface area contributed by atoms with Crippen LogP contribution < -0.4 is 15.1 Å². The topological polar surface area (TPSA) is 88.2 Å². The Morgan fingerprint density at radius 3 is 2.75 bits per heavy atom. The summed E-state index contributed by atoms with van der Waals surface area (Å²) in [5.41, 5.74) is 2.17. The molecule has 2 aliphatic heterocycles.